The molecule has 1 aromatic carbocycles. The fraction of sp³-hybridized carbons (Fsp3) is 0.200. The van der Waals surface area contributed by atoms with Crippen LogP contribution in [0.15, 0.2) is 33.8 Å². The summed E-state index contributed by atoms with van der Waals surface area (Å²) in [7, 11) is 0. The number of hydrogen-bond donors (Lipinski definition) is 1. The zero-order valence-corrected chi connectivity index (χ0v) is 8.44. The zero-order chi connectivity index (χ0) is 9.84. The van der Waals surface area contributed by atoms with Gasteiger partial charge in [-0.05, 0) is 18.2 Å². The molecule has 13 heavy (non-hydrogen) atoms. The number of furan rings is 1. The van der Waals surface area contributed by atoms with E-state index in [9.17, 15) is 4.39 Å². The number of halogens is 1. The van der Waals surface area contributed by atoms with Crippen molar-refractivity contribution in [3.05, 3.63) is 30.1 Å². The van der Waals surface area contributed by atoms with E-state index in [-0.39, 0.29) is 5.82 Å². The molecule has 0 N–H and O–H groups in total. The maximum atomic E-state index is 12.6. The molecule has 0 radical (unpaired) electrons. The van der Waals surface area contributed by atoms with E-state index >= 15 is 0 Å². The fourth-order valence-corrected chi connectivity index (χ4v) is 1.23. The Labute approximate surface area is 82.0 Å². The van der Waals surface area contributed by atoms with Crippen molar-refractivity contribution in [3.8, 4) is 0 Å². The predicted octanol–water partition coefficient (Wildman–Crippen LogP) is 3.89. The highest BCUT2D eigenvalue weighted by Crippen LogP contribution is 2.21. The number of hydrogen-bond acceptors (Lipinski definition) is 2. The molecule has 1 nitrogen and oxygen atoms in total. The minimum absolute atomic E-state index is 0.291. The summed E-state index contributed by atoms with van der Waals surface area (Å²) in [6.07, 6.45) is 0. The van der Waals surface area contributed by atoms with E-state index in [4.69, 9.17) is 4.42 Å². The van der Waals surface area contributed by atoms with Crippen molar-refractivity contribution in [2.75, 3.05) is 0 Å². The van der Waals surface area contributed by atoms with Gasteiger partial charge in [-0.25, -0.2) is 4.39 Å². The van der Waals surface area contributed by atoms with Crippen molar-refractivity contribution in [3.63, 3.8) is 0 Å². The number of benzene rings is 1. The molecule has 2 rings (SSSR count). The van der Waals surface area contributed by atoms with Crippen LogP contribution < -0.4 is 0 Å². The molecule has 0 bridgehead atoms. The molecule has 70 valence electrons. The molecule has 1 heterocycles. The molecule has 0 saturated heterocycles. The van der Waals surface area contributed by atoms with Crippen LogP contribution in [0.5, 0.6) is 0 Å². The second kappa shape index (κ2) is 4.33. The van der Waals surface area contributed by atoms with E-state index in [2.05, 4.69) is 12.6 Å². The van der Waals surface area contributed by atoms with Crippen molar-refractivity contribution in [2.24, 2.45) is 0 Å². The van der Waals surface area contributed by atoms with Crippen LogP contribution in [-0.4, -0.2) is 0 Å². The molecule has 2 aromatic rings. The second-order valence-electron chi connectivity index (χ2n) is 2.27. The first-order chi connectivity index (χ1) is 6.25. The van der Waals surface area contributed by atoms with E-state index in [1.54, 1.807) is 12.1 Å². The van der Waals surface area contributed by atoms with Crippen LogP contribution in [0.4, 0.5) is 4.39 Å². The van der Waals surface area contributed by atoms with E-state index in [1.807, 2.05) is 13.8 Å². The summed E-state index contributed by atoms with van der Waals surface area (Å²) in [5.41, 5.74) is 0.537. The minimum atomic E-state index is -0.291. The first-order valence-electron chi connectivity index (χ1n) is 4.14. The summed E-state index contributed by atoms with van der Waals surface area (Å²) in [6.45, 7) is 4.00. The van der Waals surface area contributed by atoms with Gasteiger partial charge in [0.05, 0.1) is 0 Å². The highest BCUT2D eigenvalue weighted by molar-refractivity contribution is 7.80. The highest BCUT2D eigenvalue weighted by atomic mass is 32.1. The van der Waals surface area contributed by atoms with Gasteiger partial charge < -0.3 is 4.42 Å². The summed E-state index contributed by atoms with van der Waals surface area (Å²) >= 11 is 3.99. The largest absolute Gasteiger partial charge is 0.450 e. The zero-order valence-electron chi connectivity index (χ0n) is 7.54. The van der Waals surface area contributed by atoms with Gasteiger partial charge in [0.1, 0.15) is 11.4 Å². The van der Waals surface area contributed by atoms with Gasteiger partial charge in [0.25, 0.3) is 0 Å². The fourth-order valence-electron chi connectivity index (χ4n) is 0.991. The van der Waals surface area contributed by atoms with Crippen LogP contribution in [0.3, 0.4) is 0 Å². The quantitative estimate of drug-likeness (QED) is 0.634. The lowest BCUT2D eigenvalue weighted by Crippen LogP contribution is -1.68. The van der Waals surface area contributed by atoms with Crippen molar-refractivity contribution in [2.45, 2.75) is 18.9 Å². The van der Waals surface area contributed by atoms with Gasteiger partial charge in [-0.2, -0.15) is 0 Å². The molecular formula is C10H11FOS. The van der Waals surface area contributed by atoms with Crippen LogP contribution in [0, 0.1) is 5.82 Å². The molecule has 1 aromatic heterocycles. The standard InChI is InChI=1S/C8H5FOS.C2H6/c9-6-2-1-5-3-8(11)10-7(5)4-6;1-2/h1-4,11H;1-2H3. The average Bonchev–Trinajstić information content (AvgIpc) is 2.48. The first-order valence-corrected chi connectivity index (χ1v) is 4.58. The van der Waals surface area contributed by atoms with E-state index in [0.717, 1.165) is 5.39 Å². The molecule has 3 heteroatoms. The molecule has 0 fully saturated rings. The average molecular weight is 198 g/mol. The Hall–Kier alpha value is -0.960. The SMILES string of the molecule is CC.Fc1ccc2cc(S)oc2c1. The van der Waals surface area contributed by atoms with Crippen LogP contribution in [0.25, 0.3) is 11.0 Å². The van der Waals surface area contributed by atoms with Gasteiger partial charge in [-0.3, -0.25) is 0 Å². The third kappa shape index (κ3) is 2.25. The topological polar surface area (TPSA) is 13.1 Å². The molecule has 0 spiro atoms. The predicted molar refractivity (Wildman–Crippen MR) is 54.8 cm³/mol. The number of fused-ring (bicyclic) bond motifs is 1. The minimum Gasteiger partial charge on any atom is -0.450 e. The summed E-state index contributed by atoms with van der Waals surface area (Å²) in [5.74, 6) is -0.291. The van der Waals surface area contributed by atoms with Gasteiger partial charge in [0.15, 0.2) is 5.09 Å². The van der Waals surface area contributed by atoms with Crippen molar-refractivity contribution < 1.29 is 8.81 Å². The molecular weight excluding hydrogens is 187 g/mol. The Morgan fingerprint density at radius 3 is 2.62 bits per heavy atom. The van der Waals surface area contributed by atoms with Crippen LogP contribution in [0.1, 0.15) is 13.8 Å². The first kappa shape index (κ1) is 10.1. The van der Waals surface area contributed by atoms with Gasteiger partial charge in [-0.1, -0.05) is 13.8 Å². The van der Waals surface area contributed by atoms with Crippen LogP contribution in [-0.2, 0) is 0 Å². The Kier molecular flexibility index (Phi) is 3.37. The van der Waals surface area contributed by atoms with Gasteiger partial charge in [0.2, 0.25) is 0 Å². The highest BCUT2D eigenvalue weighted by Gasteiger charge is 2.00. The molecule has 0 unspecified atom stereocenters. The number of thiol groups is 1. The van der Waals surface area contributed by atoms with Crippen LogP contribution in [0.2, 0.25) is 0 Å². The Balaban J connectivity index is 0.000000396. The summed E-state index contributed by atoms with van der Waals surface area (Å²) in [6, 6.07) is 6.14. The Morgan fingerprint density at radius 1 is 1.23 bits per heavy atom. The van der Waals surface area contributed by atoms with Gasteiger partial charge in [-0.15, -0.1) is 12.6 Å². The summed E-state index contributed by atoms with van der Waals surface area (Å²) in [5, 5.41) is 1.38. The maximum Gasteiger partial charge on any atom is 0.158 e. The number of rotatable bonds is 0. The molecule has 0 aliphatic rings. The summed E-state index contributed by atoms with van der Waals surface area (Å²) < 4.78 is 17.6. The smallest absolute Gasteiger partial charge is 0.158 e. The molecule has 0 aliphatic heterocycles. The van der Waals surface area contributed by atoms with E-state index in [1.165, 1.54) is 12.1 Å². The molecule has 0 saturated carbocycles. The Morgan fingerprint density at radius 2 is 1.92 bits per heavy atom. The van der Waals surface area contributed by atoms with E-state index < -0.39 is 0 Å². The lowest BCUT2D eigenvalue weighted by atomic mass is 10.2. The van der Waals surface area contributed by atoms with Gasteiger partial charge in [0, 0.05) is 11.5 Å². The normalized spacial score (nSPS) is 9.54. The third-order valence-corrected chi connectivity index (χ3v) is 1.69. The lowest BCUT2D eigenvalue weighted by Gasteiger charge is -1.86. The van der Waals surface area contributed by atoms with Crippen molar-refractivity contribution in [1.29, 1.82) is 0 Å². The second-order valence-corrected chi connectivity index (χ2v) is 2.71. The van der Waals surface area contributed by atoms with Crippen molar-refractivity contribution >= 4 is 23.6 Å². The van der Waals surface area contributed by atoms with Gasteiger partial charge >= 0.3 is 0 Å². The molecule has 0 atom stereocenters. The lowest BCUT2D eigenvalue weighted by molar-refractivity contribution is 0.514. The van der Waals surface area contributed by atoms with E-state index in [0.29, 0.717) is 10.7 Å². The third-order valence-electron chi connectivity index (χ3n) is 1.47. The van der Waals surface area contributed by atoms with Crippen molar-refractivity contribution in [1.82, 2.24) is 0 Å². The summed E-state index contributed by atoms with van der Waals surface area (Å²) in [4.78, 5) is 0. The van der Waals surface area contributed by atoms with Crippen LogP contribution >= 0.6 is 12.6 Å². The monoisotopic (exact) mass is 198 g/mol. The molecule has 0 amide bonds. The maximum absolute atomic E-state index is 12.6. The Bertz CT molecular complexity index is 395. The molecule has 0 aliphatic carbocycles.